The number of oxazole rings is 1. The van der Waals surface area contributed by atoms with E-state index in [0.717, 1.165) is 4.90 Å². The van der Waals surface area contributed by atoms with Crippen LogP contribution in [0.25, 0.3) is 11.1 Å². The molecule has 2 aromatic rings. The number of benzene rings is 1. The average Bonchev–Trinajstić information content (AvgIpc) is 2.44. The van der Waals surface area contributed by atoms with Gasteiger partial charge in [-0.05, 0) is 18.4 Å². The molecular formula is C8H6FNOS. The Bertz CT molecular complexity index is 412. The lowest BCUT2D eigenvalue weighted by molar-refractivity contribution is 0.353. The van der Waals surface area contributed by atoms with Gasteiger partial charge in [0.2, 0.25) is 0 Å². The number of hydrogen-bond donors (Lipinski definition) is 0. The lowest BCUT2D eigenvalue weighted by Crippen LogP contribution is -1.71. The molecule has 0 amide bonds. The second kappa shape index (κ2) is 2.79. The minimum absolute atomic E-state index is 0.530. The van der Waals surface area contributed by atoms with Gasteiger partial charge >= 0.3 is 6.14 Å². The van der Waals surface area contributed by atoms with E-state index in [2.05, 4.69) is 4.98 Å². The molecule has 2 rings (SSSR count). The summed E-state index contributed by atoms with van der Waals surface area (Å²) in [6.07, 6.45) is 1.14. The van der Waals surface area contributed by atoms with Crippen molar-refractivity contribution in [2.24, 2.45) is 0 Å². The first-order valence-electron chi connectivity index (χ1n) is 3.40. The molecule has 0 radical (unpaired) electrons. The molecule has 0 unspecified atom stereocenters. The number of aromatic nitrogens is 1. The van der Waals surface area contributed by atoms with Gasteiger partial charge < -0.3 is 4.42 Å². The standard InChI is InChI=1S/C8H6FNOS/c1-12-6-4-2-3-5-7(6)11-8(9)10-5/h2-4H,1H3. The van der Waals surface area contributed by atoms with Gasteiger partial charge in [0.1, 0.15) is 5.52 Å². The van der Waals surface area contributed by atoms with Crippen LogP contribution in [0.3, 0.4) is 0 Å². The highest BCUT2D eigenvalue weighted by atomic mass is 32.2. The normalized spacial score (nSPS) is 10.8. The van der Waals surface area contributed by atoms with Gasteiger partial charge in [0.05, 0.1) is 4.90 Å². The van der Waals surface area contributed by atoms with Crippen molar-refractivity contribution in [1.82, 2.24) is 4.98 Å². The van der Waals surface area contributed by atoms with Gasteiger partial charge in [-0.1, -0.05) is 6.07 Å². The van der Waals surface area contributed by atoms with Crippen molar-refractivity contribution < 1.29 is 8.81 Å². The van der Waals surface area contributed by atoms with Gasteiger partial charge in [0.15, 0.2) is 5.58 Å². The SMILES string of the molecule is CSc1cccc2nc(F)oc12. The first-order valence-corrected chi connectivity index (χ1v) is 4.63. The molecule has 4 heteroatoms. The maximum atomic E-state index is 12.6. The van der Waals surface area contributed by atoms with Crippen molar-refractivity contribution in [3.63, 3.8) is 0 Å². The van der Waals surface area contributed by atoms with Crippen LogP contribution in [0.1, 0.15) is 0 Å². The number of hydrogen-bond acceptors (Lipinski definition) is 3. The molecule has 1 aromatic heterocycles. The van der Waals surface area contributed by atoms with E-state index in [-0.39, 0.29) is 0 Å². The van der Waals surface area contributed by atoms with Gasteiger partial charge in [0.25, 0.3) is 0 Å². The largest absolute Gasteiger partial charge is 0.414 e. The average molecular weight is 183 g/mol. The summed E-state index contributed by atoms with van der Waals surface area (Å²) in [5.41, 5.74) is 1.10. The zero-order valence-electron chi connectivity index (χ0n) is 6.37. The van der Waals surface area contributed by atoms with Crippen LogP contribution in [-0.2, 0) is 0 Å². The summed E-state index contributed by atoms with van der Waals surface area (Å²) in [4.78, 5) is 4.48. The first kappa shape index (κ1) is 7.61. The highest BCUT2D eigenvalue weighted by Gasteiger charge is 2.07. The Morgan fingerprint density at radius 1 is 1.50 bits per heavy atom. The Labute approximate surface area is 72.8 Å². The highest BCUT2D eigenvalue weighted by molar-refractivity contribution is 7.98. The van der Waals surface area contributed by atoms with Crippen molar-refractivity contribution in [1.29, 1.82) is 0 Å². The second-order valence-electron chi connectivity index (χ2n) is 2.28. The van der Waals surface area contributed by atoms with E-state index in [1.165, 1.54) is 11.8 Å². The molecule has 0 aliphatic heterocycles. The summed E-state index contributed by atoms with van der Waals surface area (Å²) >= 11 is 1.51. The molecule has 1 aromatic carbocycles. The molecule has 0 bridgehead atoms. The Morgan fingerprint density at radius 3 is 3.08 bits per heavy atom. The second-order valence-corrected chi connectivity index (χ2v) is 3.12. The molecule has 0 saturated carbocycles. The van der Waals surface area contributed by atoms with Gasteiger partial charge in [0, 0.05) is 0 Å². The maximum absolute atomic E-state index is 12.6. The quantitative estimate of drug-likeness (QED) is 0.636. The Morgan fingerprint density at radius 2 is 2.33 bits per heavy atom. The fourth-order valence-corrected chi connectivity index (χ4v) is 1.60. The van der Waals surface area contributed by atoms with E-state index < -0.39 is 6.14 Å². The van der Waals surface area contributed by atoms with E-state index in [9.17, 15) is 4.39 Å². The van der Waals surface area contributed by atoms with Gasteiger partial charge in [-0.15, -0.1) is 16.2 Å². The van der Waals surface area contributed by atoms with E-state index in [1.54, 1.807) is 6.07 Å². The maximum Gasteiger partial charge on any atom is 0.382 e. The predicted molar refractivity (Wildman–Crippen MR) is 45.7 cm³/mol. The Kier molecular flexibility index (Phi) is 1.77. The third-order valence-electron chi connectivity index (χ3n) is 1.57. The molecule has 0 atom stereocenters. The van der Waals surface area contributed by atoms with E-state index in [0.29, 0.717) is 11.1 Å². The smallest absolute Gasteiger partial charge is 0.382 e. The Balaban J connectivity index is 2.78. The summed E-state index contributed by atoms with van der Waals surface area (Å²) in [5.74, 6) is 0. The molecule has 62 valence electrons. The minimum atomic E-state index is -0.772. The monoisotopic (exact) mass is 183 g/mol. The topological polar surface area (TPSA) is 26.0 Å². The third-order valence-corrected chi connectivity index (χ3v) is 2.33. The fraction of sp³-hybridized carbons (Fsp3) is 0.125. The summed E-state index contributed by atoms with van der Waals surface area (Å²) in [6, 6.07) is 5.43. The van der Waals surface area contributed by atoms with Crippen molar-refractivity contribution in [2.75, 3.05) is 6.26 Å². The molecule has 0 N–H and O–H groups in total. The molecular weight excluding hydrogens is 177 g/mol. The lowest BCUT2D eigenvalue weighted by Gasteiger charge is -1.93. The van der Waals surface area contributed by atoms with Crippen molar-refractivity contribution in [2.45, 2.75) is 4.90 Å². The van der Waals surface area contributed by atoms with Crippen LogP contribution < -0.4 is 0 Å². The van der Waals surface area contributed by atoms with Crippen LogP contribution in [0.2, 0.25) is 0 Å². The van der Waals surface area contributed by atoms with E-state index >= 15 is 0 Å². The molecule has 0 spiro atoms. The highest BCUT2D eigenvalue weighted by Crippen LogP contribution is 2.26. The summed E-state index contributed by atoms with van der Waals surface area (Å²) < 4.78 is 17.3. The van der Waals surface area contributed by atoms with Gasteiger partial charge in [-0.25, -0.2) is 0 Å². The molecule has 1 heterocycles. The predicted octanol–water partition coefficient (Wildman–Crippen LogP) is 2.69. The number of fused-ring (bicyclic) bond motifs is 1. The number of para-hydroxylation sites is 1. The van der Waals surface area contributed by atoms with Crippen LogP contribution in [0.15, 0.2) is 27.5 Å². The van der Waals surface area contributed by atoms with Crippen molar-refractivity contribution in [3.8, 4) is 0 Å². The molecule has 0 fully saturated rings. The first-order chi connectivity index (χ1) is 5.81. The molecule has 2 nitrogen and oxygen atoms in total. The van der Waals surface area contributed by atoms with Crippen LogP contribution in [0.5, 0.6) is 0 Å². The van der Waals surface area contributed by atoms with Gasteiger partial charge in [-0.2, -0.15) is 4.98 Å². The molecule has 12 heavy (non-hydrogen) atoms. The van der Waals surface area contributed by atoms with Gasteiger partial charge in [-0.3, -0.25) is 0 Å². The van der Waals surface area contributed by atoms with E-state index in [1.807, 2.05) is 18.4 Å². The van der Waals surface area contributed by atoms with Crippen LogP contribution in [-0.4, -0.2) is 11.2 Å². The zero-order chi connectivity index (χ0) is 8.55. The minimum Gasteiger partial charge on any atom is -0.414 e. The van der Waals surface area contributed by atoms with E-state index in [4.69, 9.17) is 4.42 Å². The van der Waals surface area contributed by atoms with Crippen LogP contribution >= 0.6 is 11.8 Å². The van der Waals surface area contributed by atoms with Crippen molar-refractivity contribution in [3.05, 3.63) is 24.3 Å². The Hall–Kier alpha value is -1.03. The van der Waals surface area contributed by atoms with Crippen LogP contribution in [0, 0.1) is 6.14 Å². The van der Waals surface area contributed by atoms with Crippen molar-refractivity contribution >= 4 is 22.9 Å². The van der Waals surface area contributed by atoms with Crippen LogP contribution in [0.4, 0.5) is 4.39 Å². The summed E-state index contributed by atoms with van der Waals surface area (Å²) in [6.45, 7) is 0. The zero-order valence-corrected chi connectivity index (χ0v) is 7.19. The lowest BCUT2D eigenvalue weighted by atomic mass is 10.3. The molecule has 0 aliphatic carbocycles. The number of thioether (sulfide) groups is 1. The number of nitrogens with zero attached hydrogens (tertiary/aromatic N) is 1. The molecule has 0 saturated heterocycles. The summed E-state index contributed by atoms with van der Waals surface area (Å²) in [7, 11) is 0. The molecule has 0 aliphatic rings. The summed E-state index contributed by atoms with van der Waals surface area (Å²) in [5, 5.41) is 0. The fourth-order valence-electron chi connectivity index (χ4n) is 1.06. The number of rotatable bonds is 1. The third kappa shape index (κ3) is 1.08. The number of halogens is 1.